The first-order valence-corrected chi connectivity index (χ1v) is 7.60. The lowest BCUT2D eigenvalue weighted by Crippen LogP contribution is -2.43. The fourth-order valence-electron chi connectivity index (χ4n) is 2.93. The van der Waals surface area contributed by atoms with E-state index in [-0.39, 0.29) is 24.1 Å². The van der Waals surface area contributed by atoms with Crippen LogP contribution in [0.15, 0.2) is 42.5 Å². The lowest BCUT2D eigenvalue weighted by atomic mass is 10.1. The number of hydrogen-bond donors (Lipinski definition) is 1. The second kappa shape index (κ2) is 6.39. The third kappa shape index (κ3) is 2.99. The number of hydrogen-bond acceptors (Lipinski definition) is 2. The molecule has 2 aromatic carbocycles. The first kappa shape index (κ1) is 16.1. The number of rotatable bonds is 3. The molecule has 0 aliphatic carbocycles. The summed E-state index contributed by atoms with van der Waals surface area (Å²) in [6.45, 7) is 1.73. The predicted octanol–water partition coefficient (Wildman–Crippen LogP) is 2.67. The Morgan fingerprint density at radius 1 is 1.17 bits per heavy atom. The Kier molecular flexibility index (Phi) is 4.29. The van der Waals surface area contributed by atoms with Crippen molar-refractivity contribution >= 4 is 17.5 Å². The highest BCUT2D eigenvalue weighted by Gasteiger charge is 2.30. The van der Waals surface area contributed by atoms with E-state index in [1.54, 1.807) is 4.90 Å². The molecule has 124 valence electrons. The zero-order chi connectivity index (χ0) is 17.3. The summed E-state index contributed by atoms with van der Waals surface area (Å²) in [7, 11) is 0. The van der Waals surface area contributed by atoms with Crippen molar-refractivity contribution in [1.29, 1.82) is 0 Å². The zero-order valence-electron chi connectivity index (χ0n) is 13.1. The third-order valence-corrected chi connectivity index (χ3v) is 4.06. The molecule has 0 radical (unpaired) electrons. The highest BCUT2D eigenvalue weighted by molar-refractivity contribution is 6.01. The van der Waals surface area contributed by atoms with E-state index >= 15 is 0 Å². The van der Waals surface area contributed by atoms with Crippen LogP contribution in [0, 0.1) is 11.6 Å². The minimum absolute atomic E-state index is 0.00932. The molecule has 0 fully saturated rings. The van der Waals surface area contributed by atoms with Gasteiger partial charge < -0.3 is 10.2 Å². The molecule has 4 nitrogen and oxygen atoms in total. The zero-order valence-corrected chi connectivity index (χ0v) is 13.1. The quantitative estimate of drug-likeness (QED) is 0.941. The average molecular weight is 330 g/mol. The molecular formula is C18H16F2N2O2. The van der Waals surface area contributed by atoms with E-state index in [1.807, 2.05) is 31.2 Å². The molecule has 2 amide bonds. The van der Waals surface area contributed by atoms with Crippen LogP contribution in [-0.4, -0.2) is 24.4 Å². The van der Waals surface area contributed by atoms with Crippen molar-refractivity contribution in [2.24, 2.45) is 0 Å². The first-order valence-electron chi connectivity index (χ1n) is 7.60. The summed E-state index contributed by atoms with van der Waals surface area (Å²) in [5, 5.41) is 2.45. The largest absolute Gasteiger partial charge is 0.343 e. The lowest BCUT2D eigenvalue weighted by molar-refractivity contribution is -0.118. The summed E-state index contributed by atoms with van der Waals surface area (Å²) in [6, 6.07) is 10.5. The van der Waals surface area contributed by atoms with Crippen LogP contribution in [0.3, 0.4) is 0 Å². The summed E-state index contributed by atoms with van der Waals surface area (Å²) in [5.41, 5.74) is 1.90. The molecule has 0 aromatic heterocycles. The minimum Gasteiger partial charge on any atom is -0.343 e. The predicted molar refractivity (Wildman–Crippen MR) is 85.8 cm³/mol. The van der Waals surface area contributed by atoms with Crippen molar-refractivity contribution in [3.05, 3.63) is 65.2 Å². The molecule has 0 saturated heterocycles. The number of nitrogens with one attached hydrogen (secondary N) is 1. The first-order chi connectivity index (χ1) is 11.5. The molecule has 0 spiro atoms. The highest BCUT2D eigenvalue weighted by atomic mass is 19.2. The van der Waals surface area contributed by atoms with Gasteiger partial charge in [-0.15, -0.1) is 0 Å². The van der Waals surface area contributed by atoms with Crippen LogP contribution >= 0.6 is 0 Å². The molecule has 24 heavy (non-hydrogen) atoms. The number of anilines is 1. The van der Waals surface area contributed by atoms with Gasteiger partial charge in [0.1, 0.15) is 0 Å². The van der Waals surface area contributed by atoms with Crippen molar-refractivity contribution < 1.29 is 18.4 Å². The second-order valence-electron chi connectivity index (χ2n) is 5.76. The molecule has 1 aliphatic rings. The molecule has 1 unspecified atom stereocenters. The van der Waals surface area contributed by atoms with Crippen LogP contribution in [-0.2, 0) is 11.2 Å². The average Bonchev–Trinajstić information content (AvgIpc) is 2.90. The van der Waals surface area contributed by atoms with E-state index < -0.39 is 17.5 Å². The molecule has 3 rings (SSSR count). The molecule has 6 heteroatoms. The standard InChI is InChI=1S/C18H16F2N2O2/c1-11-8-12-4-2-3-5-16(12)22(11)17(23)10-21-18(24)13-6-7-14(19)15(20)9-13/h2-7,9,11H,8,10H2,1H3,(H,21,24). The Balaban J connectivity index is 1.67. The number of amides is 2. The Bertz CT molecular complexity index is 807. The van der Waals surface area contributed by atoms with Crippen molar-refractivity contribution in [2.75, 3.05) is 11.4 Å². The monoisotopic (exact) mass is 330 g/mol. The van der Waals surface area contributed by atoms with E-state index in [2.05, 4.69) is 5.32 Å². The van der Waals surface area contributed by atoms with E-state index in [1.165, 1.54) is 6.07 Å². The van der Waals surface area contributed by atoms with Crippen LogP contribution < -0.4 is 10.2 Å². The molecule has 1 atom stereocenters. The van der Waals surface area contributed by atoms with Gasteiger partial charge in [-0.3, -0.25) is 9.59 Å². The third-order valence-electron chi connectivity index (χ3n) is 4.06. The van der Waals surface area contributed by atoms with Gasteiger partial charge in [0, 0.05) is 17.3 Å². The smallest absolute Gasteiger partial charge is 0.251 e. The van der Waals surface area contributed by atoms with Gasteiger partial charge in [0.2, 0.25) is 5.91 Å². The van der Waals surface area contributed by atoms with Crippen LogP contribution in [0.1, 0.15) is 22.8 Å². The van der Waals surface area contributed by atoms with Crippen molar-refractivity contribution in [3.63, 3.8) is 0 Å². The Labute approximate surface area is 138 Å². The van der Waals surface area contributed by atoms with Crippen LogP contribution in [0.25, 0.3) is 0 Å². The number of halogens is 2. The van der Waals surface area contributed by atoms with Gasteiger partial charge in [0.25, 0.3) is 5.91 Å². The lowest BCUT2D eigenvalue weighted by Gasteiger charge is -2.22. The van der Waals surface area contributed by atoms with Crippen molar-refractivity contribution in [2.45, 2.75) is 19.4 Å². The maximum atomic E-state index is 13.2. The number of benzene rings is 2. The van der Waals surface area contributed by atoms with Gasteiger partial charge in [-0.1, -0.05) is 18.2 Å². The Morgan fingerprint density at radius 3 is 2.67 bits per heavy atom. The van der Waals surface area contributed by atoms with Crippen LogP contribution in [0.2, 0.25) is 0 Å². The van der Waals surface area contributed by atoms with Gasteiger partial charge in [-0.25, -0.2) is 8.78 Å². The summed E-state index contributed by atoms with van der Waals surface area (Å²) in [4.78, 5) is 26.1. The summed E-state index contributed by atoms with van der Waals surface area (Å²) >= 11 is 0. The molecule has 1 aliphatic heterocycles. The molecule has 1 N–H and O–H groups in total. The molecule has 0 bridgehead atoms. The van der Waals surface area contributed by atoms with E-state index in [4.69, 9.17) is 0 Å². The van der Waals surface area contributed by atoms with Crippen molar-refractivity contribution in [1.82, 2.24) is 5.32 Å². The fourth-order valence-corrected chi connectivity index (χ4v) is 2.93. The normalized spacial score (nSPS) is 16.0. The number of nitrogens with zero attached hydrogens (tertiary/aromatic N) is 1. The van der Waals surface area contributed by atoms with Crippen molar-refractivity contribution in [3.8, 4) is 0 Å². The molecular weight excluding hydrogens is 314 g/mol. The maximum Gasteiger partial charge on any atom is 0.251 e. The second-order valence-corrected chi connectivity index (χ2v) is 5.76. The molecule has 1 heterocycles. The Hall–Kier alpha value is -2.76. The SMILES string of the molecule is CC1Cc2ccccc2N1C(=O)CNC(=O)c1ccc(F)c(F)c1. The topological polar surface area (TPSA) is 49.4 Å². The Morgan fingerprint density at radius 2 is 1.92 bits per heavy atom. The summed E-state index contributed by atoms with van der Waals surface area (Å²) in [5.74, 6) is -2.99. The van der Waals surface area contributed by atoms with E-state index in [9.17, 15) is 18.4 Å². The highest BCUT2D eigenvalue weighted by Crippen LogP contribution is 2.31. The number of fused-ring (bicyclic) bond motifs is 1. The van der Waals surface area contributed by atoms with Gasteiger partial charge in [-0.05, 0) is 43.2 Å². The summed E-state index contributed by atoms with van der Waals surface area (Å²) in [6.07, 6.45) is 0.763. The number of para-hydroxylation sites is 1. The summed E-state index contributed by atoms with van der Waals surface area (Å²) < 4.78 is 26.1. The van der Waals surface area contributed by atoms with Gasteiger partial charge in [0.05, 0.1) is 6.54 Å². The van der Waals surface area contributed by atoms with Gasteiger partial charge in [-0.2, -0.15) is 0 Å². The van der Waals surface area contributed by atoms with Gasteiger partial charge in [0.15, 0.2) is 11.6 Å². The minimum atomic E-state index is -1.10. The maximum absolute atomic E-state index is 13.2. The van der Waals surface area contributed by atoms with Crippen LogP contribution in [0.5, 0.6) is 0 Å². The van der Waals surface area contributed by atoms with E-state index in [0.29, 0.717) is 0 Å². The molecule has 0 saturated carbocycles. The molecule has 2 aromatic rings. The number of carbonyl (C=O) groups is 2. The fraction of sp³-hybridized carbons (Fsp3) is 0.222. The van der Waals surface area contributed by atoms with Gasteiger partial charge >= 0.3 is 0 Å². The number of carbonyl (C=O) groups excluding carboxylic acids is 2. The van der Waals surface area contributed by atoms with Crippen LogP contribution in [0.4, 0.5) is 14.5 Å². The van der Waals surface area contributed by atoms with E-state index in [0.717, 1.165) is 29.8 Å².